The predicted molar refractivity (Wildman–Crippen MR) is 82.8 cm³/mol. The van der Waals surface area contributed by atoms with E-state index in [0.29, 0.717) is 11.3 Å². The van der Waals surface area contributed by atoms with Gasteiger partial charge in [-0.2, -0.15) is 0 Å². The summed E-state index contributed by atoms with van der Waals surface area (Å²) >= 11 is 5.93. The van der Waals surface area contributed by atoms with Gasteiger partial charge in [0.05, 0.1) is 5.88 Å². The van der Waals surface area contributed by atoms with E-state index in [0.717, 1.165) is 35.6 Å². The summed E-state index contributed by atoms with van der Waals surface area (Å²) in [6.45, 7) is 2.88. The number of nitrogens with zero attached hydrogens (tertiary/aromatic N) is 3. The van der Waals surface area contributed by atoms with Gasteiger partial charge in [0.15, 0.2) is 5.82 Å². The molecule has 0 unspecified atom stereocenters. The van der Waals surface area contributed by atoms with Crippen LogP contribution in [0.3, 0.4) is 0 Å². The average Bonchev–Trinajstić information content (AvgIpc) is 2.91. The molecule has 0 aliphatic carbocycles. The molecule has 0 aliphatic heterocycles. The van der Waals surface area contributed by atoms with E-state index in [2.05, 4.69) is 17.1 Å². The van der Waals surface area contributed by atoms with Gasteiger partial charge in [-0.05, 0) is 23.9 Å². The van der Waals surface area contributed by atoms with Gasteiger partial charge in [0, 0.05) is 17.5 Å². The number of halogens is 2. The van der Waals surface area contributed by atoms with E-state index in [1.54, 1.807) is 12.1 Å². The molecule has 0 aliphatic rings. The van der Waals surface area contributed by atoms with Gasteiger partial charge in [0.25, 0.3) is 0 Å². The first-order valence-corrected chi connectivity index (χ1v) is 7.45. The third kappa shape index (κ3) is 2.40. The molecule has 0 N–H and O–H groups in total. The smallest absolute Gasteiger partial charge is 0.164 e. The van der Waals surface area contributed by atoms with Crippen molar-refractivity contribution < 1.29 is 4.39 Å². The number of aromatic nitrogens is 3. The molecular formula is C16H15ClFN3. The lowest BCUT2D eigenvalue weighted by Gasteiger charge is -2.10. The van der Waals surface area contributed by atoms with E-state index in [4.69, 9.17) is 11.6 Å². The molecule has 0 fully saturated rings. The largest absolute Gasteiger partial charge is 0.310 e. The third-order valence-corrected chi connectivity index (χ3v) is 3.74. The third-order valence-electron chi connectivity index (χ3n) is 3.51. The highest BCUT2D eigenvalue weighted by molar-refractivity contribution is 6.16. The van der Waals surface area contributed by atoms with Crippen LogP contribution in [0.2, 0.25) is 0 Å². The van der Waals surface area contributed by atoms with Crippen molar-refractivity contribution in [1.82, 2.24) is 14.8 Å². The quantitative estimate of drug-likeness (QED) is 0.669. The Kier molecular flexibility index (Phi) is 3.88. The van der Waals surface area contributed by atoms with E-state index < -0.39 is 0 Å². The molecule has 3 nitrogen and oxygen atoms in total. The molecule has 0 saturated heterocycles. The molecule has 3 rings (SSSR count). The molecule has 0 bridgehead atoms. The van der Waals surface area contributed by atoms with Crippen molar-refractivity contribution in [1.29, 1.82) is 0 Å². The van der Waals surface area contributed by atoms with Gasteiger partial charge in [0.1, 0.15) is 11.6 Å². The zero-order valence-corrected chi connectivity index (χ0v) is 12.4. The normalized spacial score (nSPS) is 11.2. The van der Waals surface area contributed by atoms with Crippen molar-refractivity contribution in [2.75, 3.05) is 0 Å². The zero-order valence-electron chi connectivity index (χ0n) is 11.7. The lowest BCUT2D eigenvalue weighted by molar-refractivity contribution is 0.639. The Morgan fingerprint density at radius 3 is 2.57 bits per heavy atom. The average molecular weight is 304 g/mol. The Hall–Kier alpha value is -1.94. The standard InChI is InChI=1S/C16H15ClFN3/c1-2-9-21-15(10-17)19-20-16(21)13-7-8-14(18)12-6-4-3-5-11(12)13/h3-8H,2,9-10H2,1H3. The van der Waals surface area contributed by atoms with E-state index in [1.165, 1.54) is 6.07 Å². The van der Waals surface area contributed by atoms with Crippen LogP contribution in [-0.2, 0) is 12.4 Å². The predicted octanol–water partition coefficient (Wildman–Crippen LogP) is 4.39. The SMILES string of the molecule is CCCn1c(CCl)nnc1-c1ccc(F)c2ccccc12. The van der Waals surface area contributed by atoms with Crippen LogP contribution in [-0.4, -0.2) is 14.8 Å². The van der Waals surface area contributed by atoms with Crippen LogP contribution in [0.15, 0.2) is 36.4 Å². The van der Waals surface area contributed by atoms with Crippen LogP contribution >= 0.6 is 11.6 Å². The zero-order chi connectivity index (χ0) is 14.8. The molecule has 21 heavy (non-hydrogen) atoms. The fourth-order valence-corrected chi connectivity index (χ4v) is 2.75. The van der Waals surface area contributed by atoms with Gasteiger partial charge in [-0.3, -0.25) is 0 Å². The number of fused-ring (bicyclic) bond motifs is 1. The molecule has 0 atom stereocenters. The molecule has 2 aromatic carbocycles. The van der Waals surface area contributed by atoms with Gasteiger partial charge in [-0.1, -0.05) is 31.2 Å². The van der Waals surface area contributed by atoms with E-state index >= 15 is 0 Å². The first-order chi connectivity index (χ1) is 10.3. The van der Waals surface area contributed by atoms with Crippen molar-refractivity contribution in [2.24, 2.45) is 0 Å². The first-order valence-electron chi connectivity index (χ1n) is 6.92. The number of rotatable bonds is 4. The summed E-state index contributed by atoms with van der Waals surface area (Å²) in [6.07, 6.45) is 0.952. The van der Waals surface area contributed by atoms with Gasteiger partial charge >= 0.3 is 0 Å². The summed E-state index contributed by atoms with van der Waals surface area (Å²) in [6, 6.07) is 10.6. The minimum atomic E-state index is -0.228. The molecule has 0 saturated carbocycles. The van der Waals surface area contributed by atoms with Gasteiger partial charge in [-0.25, -0.2) is 4.39 Å². The Morgan fingerprint density at radius 1 is 1.10 bits per heavy atom. The maximum Gasteiger partial charge on any atom is 0.164 e. The summed E-state index contributed by atoms with van der Waals surface area (Å²) in [5.74, 6) is 1.56. The highest BCUT2D eigenvalue weighted by Gasteiger charge is 2.16. The Labute approximate surface area is 127 Å². The van der Waals surface area contributed by atoms with Gasteiger partial charge in [-0.15, -0.1) is 21.8 Å². The van der Waals surface area contributed by atoms with E-state index in [1.807, 2.05) is 22.8 Å². The lowest BCUT2D eigenvalue weighted by Crippen LogP contribution is -2.04. The maximum atomic E-state index is 13.9. The number of alkyl halides is 1. The Balaban J connectivity index is 2.26. The first kappa shape index (κ1) is 14.0. The number of hydrogen-bond acceptors (Lipinski definition) is 2. The van der Waals surface area contributed by atoms with Gasteiger partial charge in [0.2, 0.25) is 0 Å². The molecule has 3 aromatic rings. The highest BCUT2D eigenvalue weighted by Crippen LogP contribution is 2.30. The molecule has 0 radical (unpaired) electrons. The molecule has 108 valence electrons. The fourth-order valence-electron chi connectivity index (χ4n) is 2.55. The lowest BCUT2D eigenvalue weighted by atomic mass is 10.0. The monoisotopic (exact) mass is 303 g/mol. The van der Waals surface area contributed by atoms with Crippen molar-refractivity contribution in [3.8, 4) is 11.4 Å². The summed E-state index contributed by atoms with van der Waals surface area (Å²) in [5, 5.41) is 9.84. The fraction of sp³-hybridized carbons (Fsp3) is 0.250. The molecule has 5 heteroatoms. The second-order valence-electron chi connectivity index (χ2n) is 4.87. The van der Waals surface area contributed by atoms with Crippen molar-refractivity contribution >= 4 is 22.4 Å². The van der Waals surface area contributed by atoms with Crippen LogP contribution in [0.5, 0.6) is 0 Å². The van der Waals surface area contributed by atoms with Crippen molar-refractivity contribution in [3.63, 3.8) is 0 Å². The summed E-state index contributed by atoms with van der Waals surface area (Å²) in [5.41, 5.74) is 0.879. The van der Waals surface area contributed by atoms with E-state index in [-0.39, 0.29) is 5.82 Å². The molecule has 1 heterocycles. The van der Waals surface area contributed by atoms with Crippen molar-refractivity contribution in [3.05, 3.63) is 48.0 Å². The second-order valence-corrected chi connectivity index (χ2v) is 5.13. The Bertz CT molecular complexity index is 782. The number of hydrogen-bond donors (Lipinski definition) is 0. The summed E-state index contributed by atoms with van der Waals surface area (Å²) in [7, 11) is 0. The van der Waals surface area contributed by atoms with Crippen LogP contribution in [0.4, 0.5) is 4.39 Å². The highest BCUT2D eigenvalue weighted by atomic mass is 35.5. The van der Waals surface area contributed by atoms with Gasteiger partial charge < -0.3 is 4.57 Å². The van der Waals surface area contributed by atoms with Crippen molar-refractivity contribution in [2.45, 2.75) is 25.8 Å². The van der Waals surface area contributed by atoms with Crippen LogP contribution in [0.25, 0.3) is 22.2 Å². The number of benzene rings is 2. The van der Waals surface area contributed by atoms with Crippen LogP contribution in [0.1, 0.15) is 19.2 Å². The van der Waals surface area contributed by atoms with Crippen LogP contribution in [0, 0.1) is 5.82 Å². The van der Waals surface area contributed by atoms with E-state index in [9.17, 15) is 4.39 Å². The summed E-state index contributed by atoms with van der Waals surface area (Å²) < 4.78 is 15.9. The minimum Gasteiger partial charge on any atom is -0.310 e. The van der Waals surface area contributed by atoms with Crippen LogP contribution < -0.4 is 0 Å². The second kappa shape index (κ2) is 5.82. The summed E-state index contributed by atoms with van der Waals surface area (Å²) in [4.78, 5) is 0. The topological polar surface area (TPSA) is 30.7 Å². The Morgan fingerprint density at radius 2 is 1.86 bits per heavy atom. The molecule has 0 spiro atoms. The molecule has 0 amide bonds. The molecular weight excluding hydrogens is 289 g/mol. The molecule has 1 aromatic heterocycles. The minimum absolute atomic E-state index is 0.228. The maximum absolute atomic E-state index is 13.9.